The maximum atomic E-state index is 14.3. The number of fused-ring (bicyclic) bond motifs is 2. The van der Waals surface area contributed by atoms with Crippen LogP contribution < -0.4 is 4.74 Å². The van der Waals surface area contributed by atoms with Crippen LogP contribution in [0.4, 0.5) is 5.69 Å². The zero-order valence-electron chi connectivity index (χ0n) is 22.9. The van der Waals surface area contributed by atoms with Crippen LogP contribution in [0.2, 0.25) is 0 Å². The highest BCUT2D eigenvalue weighted by atomic mass is 16.6. The summed E-state index contributed by atoms with van der Waals surface area (Å²) < 4.78 is 11.0. The summed E-state index contributed by atoms with van der Waals surface area (Å²) in [6.45, 7) is 10.3. The second-order valence-corrected chi connectivity index (χ2v) is 11.8. The lowest BCUT2D eigenvalue weighted by Crippen LogP contribution is -2.60. The van der Waals surface area contributed by atoms with E-state index < -0.39 is 68.9 Å². The predicted molar refractivity (Wildman–Crippen MR) is 138 cm³/mol. The largest absolute Gasteiger partial charge is 0.455 e. The van der Waals surface area contributed by atoms with Gasteiger partial charge in [-0.25, -0.2) is 4.79 Å². The third-order valence-electron chi connectivity index (χ3n) is 8.37. The van der Waals surface area contributed by atoms with E-state index in [4.69, 9.17) is 9.47 Å². The van der Waals surface area contributed by atoms with Crippen molar-refractivity contribution >= 4 is 29.2 Å². The lowest BCUT2D eigenvalue weighted by Gasteiger charge is -2.58. The summed E-state index contributed by atoms with van der Waals surface area (Å²) in [5.41, 5.74) is -2.13. The number of benzene rings is 1. The highest BCUT2D eigenvalue weighted by Gasteiger charge is 2.62. The van der Waals surface area contributed by atoms with Gasteiger partial charge < -0.3 is 14.6 Å². The number of Topliss-reactive ketones (excluding diaryl/α,β-unsaturated/α-hetero) is 2. The van der Waals surface area contributed by atoms with Crippen molar-refractivity contribution in [2.45, 2.75) is 73.0 Å². The fourth-order valence-corrected chi connectivity index (χ4v) is 6.99. The minimum atomic E-state index is -1.36. The molecule has 0 unspecified atom stereocenters. The van der Waals surface area contributed by atoms with Crippen molar-refractivity contribution in [3.05, 3.63) is 56.7 Å². The Kier molecular flexibility index (Phi) is 7.14. The van der Waals surface area contributed by atoms with Crippen molar-refractivity contribution in [3.8, 4) is 5.75 Å². The average molecular weight is 540 g/mol. The van der Waals surface area contributed by atoms with Gasteiger partial charge in [0.1, 0.15) is 11.3 Å². The van der Waals surface area contributed by atoms with Gasteiger partial charge in [-0.1, -0.05) is 41.0 Å². The summed E-state index contributed by atoms with van der Waals surface area (Å²) in [5.74, 6) is -4.23. The second kappa shape index (κ2) is 9.82. The molecule has 1 fully saturated rings. The number of non-ortho nitro benzene ring substituents is 1. The SMILES string of the molecule is CC(=O)O[C@H]1C2=C(C(=O)C(C(=O)Oc3ccc([N+](=O)[O-])cc3)=C(C(C)C)C2=O)[C@@]2(C)CCCC(C)(C)[C@@H]2[C@@H]1O. The summed E-state index contributed by atoms with van der Waals surface area (Å²) in [4.78, 5) is 64.4. The van der Waals surface area contributed by atoms with Gasteiger partial charge in [0.2, 0.25) is 0 Å². The Morgan fingerprint density at radius 2 is 1.69 bits per heavy atom. The molecule has 0 heterocycles. The molecule has 3 aliphatic rings. The van der Waals surface area contributed by atoms with Crippen LogP contribution in [0, 0.1) is 32.8 Å². The normalized spacial score (nSPS) is 28.2. The molecule has 1 aromatic carbocycles. The Hall–Kier alpha value is -3.66. The molecule has 0 amide bonds. The smallest absolute Gasteiger partial charge is 0.347 e. The number of nitro groups is 1. The molecular formula is C29H33NO9. The first-order valence-electron chi connectivity index (χ1n) is 13.0. The Bertz CT molecular complexity index is 1330. The first-order chi connectivity index (χ1) is 18.1. The molecule has 39 heavy (non-hydrogen) atoms. The van der Waals surface area contributed by atoms with Crippen molar-refractivity contribution < 1.29 is 38.7 Å². The van der Waals surface area contributed by atoms with Crippen molar-refractivity contribution in [2.24, 2.45) is 22.7 Å². The van der Waals surface area contributed by atoms with Crippen LogP contribution >= 0.6 is 0 Å². The number of hydrogen-bond donors (Lipinski definition) is 1. The van der Waals surface area contributed by atoms with Gasteiger partial charge >= 0.3 is 11.9 Å². The number of ether oxygens (including phenoxy) is 2. The number of allylic oxidation sites excluding steroid dienone is 2. The number of hydrogen-bond acceptors (Lipinski definition) is 9. The maximum Gasteiger partial charge on any atom is 0.347 e. The van der Waals surface area contributed by atoms with E-state index in [1.54, 1.807) is 13.8 Å². The highest BCUT2D eigenvalue weighted by molar-refractivity contribution is 6.35. The average Bonchev–Trinajstić information content (AvgIpc) is 2.81. The van der Waals surface area contributed by atoms with E-state index in [1.807, 2.05) is 20.8 Å². The summed E-state index contributed by atoms with van der Waals surface area (Å²) in [6, 6.07) is 4.80. The number of aliphatic hydroxyl groups is 1. The lowest BCUT2D eigenvalue weighted by molar-refractivity contribution is -0.384. The molecule has 1 N–H and O–H groups in total. The fourth-order valence-electron chi connectivity index (χ4n) is 6.99. The third-order valence-corrected chi connectivity index (χ3v) is 8.37. The number of ketones is 2. The molecule has 10 nitrogen and oxygen atoms in total. The fraction of sp³-hybridized carbons (Fsp3) is 0.517. The van der Waals surface area contributed by atoms with E-state index >= 15 is 0 Å². The zero-order chi connectivity index (χ0) is 29.0. The van der Waals surface area contributed by atoms with Gasteiger partial charge in [0, 0.05) is 41.5 Å². The predicted octanol–water partition coefficient (Wildman–Crippen LogP) is 4.04. The summed E-state index contributed by atoms with van der Waals surface area (Å²) in [5, 5.41) is 22.6. The highest BCUT2D eigenvalue weighted by Crippen LogP contribution is 2.61. The molecule has 4 atom stereocenters. The first kappa shape index (κ1) is 28.4. The monoisotopic (exact) mass is 539 g/mol. The number of aliphatic hydroxyl groups excluding tert-OH is 1. The van der Waals surface area contributed by atoms with E-state index in [0.717, 1.165) is 25.0 Å². The molecule has 0 spiro atoms. The van der Waals surface area contributed by atoms with Crippen molar-refractivity contribution in [2.75, 3.05) is 0 Å². The van der Waals surface area contributed by atoms with Crippen molar-refractivity contribution in [1.29, 1.82) is 0 Å². The number of nitrogens with zero attached hydrogens (tertiary/aromatic N) is 1. The maximum absolute atomic E-state index is 14.3. The third kappa shape index (κ3) is 4.60. The van der Waals surface area contributed by atoms with Crippen LogP contribution in [0.3, 0.4) is 0 Å². The summed E-state index contributed by atoms with van der Waals surface area (Å²) in [6.07, 6.45) is -0.613. The molecule has 4 rings (SSSR count). The first-order valence-corrected chi connectivity index (χ1v) is 13.0. The second-order valence-electron chi connectivity index (χ2n) is 11.8. The van der Waals surface area contributed by atoms with Crippen LogP contribution in [0.15, 0.2) is 46.6 Å². The molecule has 0 bridgehead atoms. The van der Waals surface area contributed by atoms with Crippen molar-refractivity contribution in [1.82, 2.24) is 0 Å². The molecule has 208 valence electrons. The van der Waals surface area contributed by atoms with E-state index in [1.165, 1.54) is 19.1 Å². The molecule has 3 aliphatic carbocycles. The van der Waals surface area contributed by atoms with E-state index in [9.17, 15) is 34.4 Å². The van der Waals surface area contributed by atoms with Gasteiger partial charge in [0.25, 0.3) is 5.69 Å². The standard InChI is InChI=1S/C29H33NO9/c1-14(2)18-19(27(35)39-17-10-8-16(9-11-17)30(36)37)23(33)21-20(22(18)32)25(38-15(3)31)24(34)26-28(4,5)12-7-13-29(21,26)6/h8-11,14,24-26,34H,7,12-13H2,1-6H3/t24-,25+,26+,29-/m1/s1. The van der Waals surface area contributed by atoms with Gasteiger partial charge in [-0.15, -0.1) is 0 Å². The van der Waals surface area contributed by atoms with E-state index in [2.05, 4.69) is 0 Å². The number of esters is 2. The topological polar surface area (TPSA) is 150 Å². The van der Waals surface area contributed by atoms with Gasteiger partial charge in [-0.3, -0.25) is 24.5 Å². The molecule has 0 radical (unpaired) electrons. The number of nitro benzene ring substituents is 1. The molecule has 1 aromatic rings. The molecule has 0 saturated heterocycles. The minimum absolute atomic E-state index is 0.0269. The van der Waals surface area contributed by atoms with Crippen LogP contribution in [-0.4, -0.2) is 45.7 Å². The molecule has 1 saturated carbocycles. The molecular weight excluding hydrogens is 506 g/mol. The van der Waals surface area contributed by atoms with Crippen LogP contribution in [0.25, 0.3) is 0 Å². The van der Waals surface area contributed by atoms with Gasteiger partial charge in [-0.2, -0.15) is 0 Å². The lowest BCUT2D eigenvalue weighted by atomic mass is 9.47. The molecule has 10 heteroatoms. The number of carbonyl (C=O) groups excluding carboxylic acids is 4. The van der Waals surface area contributed by atoms with Crippen molar-refractivity contribution in [3.63, 3.8) is 0 Å². The van der Waals surface area contributed by atoms with Gasteiger partial charge in [0.15, 0.2) is 17.7 Å². The van der Waals surface area contributed by atoms with E-state index in [0.29, 0.717) is 6.42 Å². The number of carbonyl (C=O) groups is 4. The Morgan fingerprint density at radius 1 is 1.08 bits per heavy atom. The zero-order valence-corrected chi connectivity index (χ0v) is 22.9. The Balaban J connectivity index is 1.88. The summed E-state index contributed by atoms with van der Waals surface area (Å²) in [7, 11) is 0. The minimum Gasteiger partial charge on any atom is -0.455 e. The Morgan fingerprint density at radius 3 is 2.23 bits per heavy atom. The summed E-state index contributed by atoms with van der Waals surface area (Å²) >= 11 is 0. The van der Waals surface area contributed by atoms with Gasteiger partial charge in [0.05, 0.1) is 16.6 Å². The van der Waals surface area contributed by atoms with Crippen LogP contribution in [0.5, 0.6) is 5.75 Å². The molecule has 0 aromatic heterocycles. The number of rotatable bonds is 5. The van der Waals surface area contributed by atoms with Crippen LogP contribution in [0.1, 0.15) is 60.8 Å². The van der Waals surface area contributed by atoms with Crippen LogP contribution in [-0.2, 0) is 23.9 Å². The Labute approximate surface area is 226 Å². The quantitative estimate of drug-likeness (QED) is 0.146. The van der Waals surface area contributed by atoms with E-state index in [-0.39, 0.29) is 28.2 Å². The van der Waals surface area contributed by atoms with Gasteiger partial charge in [-0.05, 0) is 36.3 Å². The molecule has 0 aliphatic heterocycles.